The predicted octanol–water partition coefficient (Wildman–Crippen LogP) is 5.03. The number of benzene rings is 2. The second-order valence-electron chi connectivity index (χ2n) is 8.49. The van der Waals surface area contributed by atoms with Gasteiger partial charge in [-0.25, -0.2) is 0 Å². The van der Waals surface area contributed by atoms with E-state index in [2.05, 4.69) is 77.2 Å². The summed E-state index contributed by atoms with van der Waals surface area (Å²) in [5.41, 5.74) is 5.19. The first kappa shape index (κ1) is 22.8. The fourth-order valence-corrected chi connectivity index (χ4v) is 3.74. The van der Waals surface area contributed by atoms with Crippen LogP contribution in [0.4, 0.5) is 0 Å². The minimum Gasteiger partial charge on any atom is -0.491 e. The quantitative estimate of drug-likeness (QED) is 0.457. The van der Waals surface area contributed by atoms with E-state index in [1.165, 1.54) is 21.6 Å². The van der Waals surface area contributed by atoms with Crippen LogP contribution in [0.2, 0.25) is 0 Å². The van der Waals surface area contributed by atoms with Crippen LogP contribution >= 0.6 is 11.8 Å². The number of ether oxygens (including phenoxy) is 1. The maximum Gasteiger partial charge on any atom is 0.122 e. The first-order chi connectivity index (χ1) is 13.2. The molecule has 154 valence electrons. The van der Waals surface area contributed by atoms with Crippen LogP contribution < -0.4 is 10.1 Å². The lowest BCUT2D eigenvalue weighted by Gasteiger charge is -2.21. The molecule has 2 N–H and O–H groups in total. The molecule has 0 aliphatic carbocycles. The first-order valence-corrected chi connectivity index (χ1v) is 11.0. The Hall–Kier alpha value is -1.49. The van der Waals surface area contributed by atoms with Gasteiger partial charge in [-0.1, -0.05) is 39.0 Å². The molecular formula is C24H35NO2S. The summed E-state index contributed by atoms with van der Waals surface area (Å²) in [6.45, 7) is 14.6. The average Bonchev–Trinajstić information content (AvgIpc) is 2.62. The minimum atomic E-state index is -0.520. The van der Waals surface area contributed by atoms with E-state index in [9.17, 15) is 5.11 Å². The number of thioether (sulfide) groups is 1. The maximum atomic E-state index is 10.2. The zero-order chi connectivity index (χ0) is 20.7. The number of hydrogen-bond acceptors (Lipinski definition) is 4. The van der Waals surface area contributed by atoms with Gasteiger partial charge in [-0.05, 0) is 66.6 Å². The number of nitrogens with one attached hydrogen (secondary N) is 1. The van der Waals surface area contributed by atoms with Crippen LogP contribution in [-0.4, -0.2) is 36.7 Å². The molecule has 1 atom stereocenters. The number of aliphatic hydroxyl groups is 1. The summed E-state index contributed by atoms with van der Waals surface area (Å²) < 4.78 is 5.82. The van der Waals surface area contributed by atoms with Crippen molar-refractivity contribution in [3.63, 3.8) is 0 Å². The summed E-state index contributed by atoms with van der Waals surface area (Å²) >= 11 is 1.83. The molecule has 0 radical (unpaired) electrons. The van der Waals surface area contributed by atoms with Crippen LogP contribution in [-0.2, 0) is 5.41 Å². The van der Waals surface area contributed by atoms with Gasteiger partial charge in [0.15, 0.2) is 0 Å². The third kappa shape index (κ3) is 7.16. The summed E-state index contributed by atoms with van der Waals surface area (Å²) in [6, 6.07) is 12.9. The van der Waals surface area contributed by atoms with Crippen molar-refractivity contribution in [2.24, 2.45) is 0 Å². The van der Waals surface area contributed by atoms with Gasteiger partial charge in [0.25, 0.3) is 0 Å². The van der Waals surface area contributed by atoms with E-state index in [-0.39, 0.29) is 5.41 Å². The Labute approximate surface area is 174 Å². The van der Waals surface area contributed by atoms with E-state index >= 15 is 0 Å². The fourth-order valence-electron chi connectivity index (χ4n) is 2.84. The Bertz CT molecular complexity index is 768. The highest BCUT2D eigenvalue weighted by molar-refractivity contribution is 7.99. The highest BCUT2D eigenvalue weighted by Gasteiger charge is 2.15. The number of hydrogen-bond donors (Lipinski definition) is 2. The minimum absolute atomic E-state index is 0.127. The van der Waals surface area contributed by atoms with Crippen molar-refractivity contribution >= 4 is 11.8 Å². The molecule has 0 fully saturated rings. The van der Waals surface area contributed by atoms with Gasteiger partial charge in [0, 0.05) is 23.7 Å². The lowest BCUT2D eigenvalue weighted by molar-refractivity contribution is 0.106. The van der Waals surface area contributed by atoms with Crippen LogP contribution in [0.25, 0.3) is 0 Å². The largest absolute Gasteiger partial charge is 0.491 e. The van der Waals surface area contributed by atoms with Crippen molar-refractivity contribution in [2.45, 2.75) is 58.0 Å². The van der Waals surface area contributed by atoms with Crippen LogP contribution in [0, 0.1) is 20.8 Å². The molecule has 0 amide bonds. The van der Waals surface area contributed by atoms with Gasteiger partial charge in [0.1, 0.15) is 18.5 Å². The monoisotopic (exact) mass is 401 g/mol. The van der Waals surface area contributed by atoms with Gasteiger partial charge in [-0.15, -0.1) is 11.8 Å². The van der Waals surface area contributed by atoms with Crippen LogP contribution in [0.3, 0.4) is 0 Å². The summed E-state index contributed by atoms with van der Waals surface area (Å²) in [5.74, 6) is 1.82. The molecule has 0 aliphatic rings. The normalized spacial score (nSPS) is 12.8. The Morgan fingerprint density at radius 3 is 2.39 bits per heavy atom. The summed E-state index contributed by atoms with van der Waals surface area (Å²) in [7, 11) is 0. The fraction of sp³-hybridized carbons (Fsp3) is 0.500. The summed E-state index contributed by atoms with van der Waals surface area (Å²) in [5, 5.41) is 13.5. The van der Waals surface area contributed by atoms with Crippen LogP contribution in [0.15, 0.2) is 41.3 Å². The van der Waals surface area contributed by atoms with E-state index in [1.54, 1.807) is 0 Å². The van der Waals surface area contributed by atoms with E-state index in [0.717, 1.165) is 23.6 Å². The van der Waals surface area contributed by atoms with Crippen molar-refractivity contribution < 1.29 is 9.84 Å². The number of aliphatic hydroxyl groups excluding tert-OH is 1. The molecule has 0 bridgehead atoms. The molecule has 2 rings (SSSR count). The molecule has 0 heterocycles. The molecule has 0 spiro atoms. The van der Waals surface area contributed by atoms with E-state index in [1.807, 2.05) is 17.8 Å². The number of rotatable bonds is 9. The molecule has 0 unspecified atom stereocenters. The Morgan fingerprint density at radius 2 is 1.75 bits per heavy atom. The van der Waals surface area contributed by atoms with Crippen molar-refractivity contribution in [3.05, 3.63) is 58.7 Å². The van der Waals surface area contributed by atoms with Gasteiger partial charge in [0.2, 0.25) is 0 Å². The van der Waals surface area contributed by atoms with Gasteiger partial charge in [-0.2, -0.15) is 0 Å². The third-order valence-corrected chi connectivity index (χ3v) is 5.87. The Balaban J connectivity index is 1.67. The number of aryl methyl sites for hydroxylation is 3. The molecule has 0 aliphatic heterocycles. The molecule has 4 heteroatoms. The van der Waals surface area contributed by atoms with Gasteiger partial charge in [-0.3, -0.25) is 0 Å². The van der Waals surface area contributed by atoms with E-state index in [4.69, 9.17) is 4.74 Å². The second kappa shape index (κ2) is 10.3. The zero-order valence-electron chi connectivity index (χ0n) is 18.1. The Morgan fingerprint density at radius 1 is 1.00 bits per heavy atom. The van der Waals surface area contributed by atoms with Gasteiger partial charge in [0.05, 0.1) is 0 Å². The van der Waals surface area contributed by atoms with E-state index < -0.39 is 6.10 Å². The molecule has 2 aromatic carbocycles. The Kier molecular flexibility index (Phi) is 8.41. The highest BCUT2D eigenvalue weighted by Crippen LogP contribution is 2.27. The lowest BCUT2D eigenvalue weighted by Crippen LogP contribution is -2.32. The zero-order valence-corrected chi connectivity index (χ0v) is 19.0. The average molecular weight is 402 g/mol. The second-order valence-corrected chi connectivity index (χ2v) is 9.66. The van der Waals surface area contributed by atoms with Crippen molar-refractivity contribution in [3.8, 4) is 5.75 Å². The van der Waals surface area contributed by atoms with Crippen molar-refractivity contribution in [1.29, 1.82) is 0 Å². The van der Waals surface area contributed by atoms with Crippen molar-refractivity contribution in [1.82, 2.24) is 5.32 Å². The summed E-state index contributed by atoms with van der Waals surface area (Å²) in [4.78, 5) is 1.29. The lowest BCUT2D eigenvalue weighted by atomic mass is 9.86. The maximum absolute atomic E-state index is 10.2. The molecule has 28 heavy (non-hydrogen) atoms. The SMILES string of the molecule is Cc1ccc(SCCNC[C@@H](O)COc2ccc(C(C)(C)C)cc2C)cc1C. The smallest absolute Gasteiger partial charge is 0.122 e. The predicted molar refractivity (Wildman–Crippen MR) is 121 cm³/mol. The molecule has 0 saturated carbocycles. The molecule has 3 nitrogen and oxygen atoms in total. The topological polar surface area (TPSA) is 41.5 Å². The van der Waals surface area contributed by atoms with E-state index in [0.29, 0.717) is 13.2 Å². The van der Waals surface area contributed by atoms with Gasteiger partial charge < -0.3 is 15.2 Å². The third-order valence-electron chi connectivity index (χ3n) is 4.88. The standard InChI is InChI=1S/C24H35NO2S/c1-17-7-9-22(14-18(17)2)28-12-11-25-15-21(26)16-27-23-10-8-20(13-19(23)3)24(4,5)6/h7-10,13-14,21,25-26H,11-12,15-16H2,1-6H3/t21-/m1/s1. The van der Waals surface area contributed by atoms with Crippen LogP contribution in [0.1, 0.15) is 43.0 Å². The molecule has 2 aromatic rings. The molecule has 0 aromatic heterocycles. The molecule has 0 saturated heterocycles. The van der Waals surface area contributed by atoms with Crippen molar-refractivity contribution in [2.75, 3.05) is 25.4 Å². The summed E-state index contributed by atoms with van der Waals surface area (Å²) in [6.07, 6.45) is -0.520. The highest BCUT2D eigenvalue weighted by atomic mass is 32.2. The molecular weight excluding hydrogens is 366 g/mol. The van der Waals surface area contributed by atoms with Crippen LogP contribution in [0.5, 0.6) is 5.75 Å². The first-order valence-electron chi connectivity index (χ1n) is 9.99. The van der Waals surface area contributed by atoms with Gasteiger partial charge >= 0.3 is 0 Å².